The molecule has 0 bridgehead atoms. The van der Waals surface area contributed by atoms with Crippen molar-refractivity contribution in [2.45, 2.75) is 19.1 Å². The van der Waals surface area contributed by atoms with Crippen LogP contribution in [0.5, 0.6) is 0 Å². The summed E-state index contributed by atoms with van der Waals surface area (Å²) in [6.45, 7) is 5.56. The third-order valence-corrected chi connectivity index (χ3v) is 5.02. The van der Waals surface area contributed by atoms with Crippen LogP contribution in [0.4, 0.5) is 0 Å². The Hall–Kier alpha value is -0.270. The zero-order chi connectivity index (χ0) is 13.2. The third kappa shape index (κ3) is 3.86. The minimum absolute atomic E-state index is 0.00326. The van der Waals surface area contributed by atoms with Crippen molar-refractivity contribution < 1.29 is 13.2 Å². The van der Waals surface area contributed by atoms with Gasteiger partial charge in [0.05, 0.1) is 11.5 Å². The van der Waals surface area contributed by atoms with Gasteiger partial charge in [-0.25, -0.2) is 8.42 Å². The molecule has 0 spiro atoms. The van der Waals surface area contributed by atoms with Crippen molar-refractivity contribution in [1.29, 1.82) is 0 Å². The number of thiol groups is 1. The molecule has 0 saturated carbocycles. The lowest BCUT2D eigenvalue weighted by atomic mass is 10.1. The lowest BCUT2D eigenvalue weighted by Gasteiger charge is -2.35. The first-order chi connectivity index (χ1) is 7.73. The van der Waals surface area contributed by atoms with Crippen molar-refractivity contribution in [2.24, 2.45) is 5.92 Å². The summed E-state index contributed by atoms with van der Waals surface area (Å²) >= 11 is 4.29. The van der Waals surface area contributed by atoms with Crippen molar-refractivity contribution in [1.82, 2.24) is 9.21 Å². The molecule has 0 aromatic rings. The van der Waals surface area contributed by atoms with Crippen molar-refractivity contribution in [3.05, 3.63) is 0 Å². The van der Waals surface area contributed by atoms with Crippen LogP contribution in [0.25, 0.3) is 0 Å². The number of hydrogen-bond donors (Lipinski definition) is 1. The molecule has 1 aliphatic heterocycles. The highest BCUT2D eigenvalue weighted by Gasteiger charge is 2.29. The number of carbonyl (C=O) groups is 1. The maximum atomic E-state index is 12.0. The molecule has 1 saturated heterocycles. The van der Waals surface area contributed by atoms with Gasteiger partial charge in [0.25, 0.3) is 0 Å². The van der Waals surface area contributed by atoms with Crippen LogP contribution in [-0.4, -0.2) is 61.2 Å². The number of rotatable bonds is 3. The van der Waals surface area contributed by atoms with E-state index >= 15 is 0 Å². The van der Waals surface area contributed by atoms with Crippen LogP contribution >= 0.6 is 12.6 Å². The van der Waals surface area contributed by atoms with Crippen molar-refractivity contribution in [2.75, 3.05) is 32.4 Å². The molecule has 0 radical (unpaired) electrons. The number of sulfonamides is 1. The van der Waals surface area contributed by atoms with Crippen LogP contribution in [-0.2, 0) is 14.8 Å². The second-order valence-electron chi connectivity index (χ2n) is 4.68. The molecule has 1 rings (SSSR count). The largest absolute Gasteiger partial charge is 0.339 e. The van der Waals surface area contributed by atoms with Gasteiger partial charge in [0.15, 0.2) is 0 Å². The molecule has 5 nitrogen and oxygen atoms in total. The summed E-state index contributed by atoms with van der Waals surface area (Å²) in [6, 6.07) is 0. The summed E-state index contributed by atoms with van der Waals surface area (Å²) < 4.78 is 24.0. The molecule has 1 unspecified atom stereocenters. The van der Waals surface area contributed by atoms with E-state index in [0.717, 1.165) is 0 Å². The van der Waals surface area contributed by atoms with Gasteiger partial charge >= 0.3 is 0 Å². The number of piperazine rings is 1. The summed E-state index contributed by atoms with van der Waals surface area (Å²) in [5, 5.41) is -0.306. The van der Waals surface area contributed by atoms with Crippen LogP contribution in [0.1, 0.15) is 13.8 Å². The molecule has 0 aromatic heterocycles. The van der Waals surface area contributed by atoms with Gasteiger partial charge < -0.3 is 4.90 Å². The number of hydrogen-bond acceptors (Lipinski definition) is 4. The molecule has 0 aliphatic carbocycles. The fourth-order valence-corrected chi connectivity index (χ4v) is 2.70. The summed E-state index contributed by atoms with van der Waals surface area (Å²) in [4.78, 5) is 13.7. The fraction of sp³-hybridized carbons (Fsp3) is 0.900. The van der Waals surface area contributed by atoms with E-state index in [9.17, 15) is 13.2 Å². The number of carbonyl (C=O) groups excluding carboxylic acids is 1. The molecule has 100 valence electrons. The first-order valence-corrected chi connectivity index (χ1v) is 8.02. The third-order valence-electron chi connectivity index (χ3n) is 2.90. The molecule has 1 fully saturated rings. The summed E-state index contributed by atoms with van der Waals surface area (Å²) in [7, 11) is -3.14. The molecule has 0 aromatic carbocycles. The summed E-state index contributed by atoms with van der Waals surface area (Å²) in [5.74, 6) is 0.176. The van der Waals surface area contributed by atoms with E-state index in [1.54, 1.807) is 4.90 Å². The van der Waals surface area contributed by atoms with Gasteiger partial charge in [-0.3, -0.25) is 4.79 Å². The highest BCUT2D eigenvalue weighted by atomic mass is 32.2. The van der Waals surface area contributed by atoms with Gasteiger partial charge in [0.1, 0.15) is 0 Å². The maximum absolute atomic E-state index is 12.0. The molecule has 1 amide bonds. The Labute approximate surface area is 109 Å². The van der Waals surface area contributed by atoms with Crippen LogP contribution in [0, 0.1) is 5.92 Å². The van der Waals surface area contributed by atoms with Crippen LogP contribution in [0.2, 0.25) is 0 Å². The predicted molar refractivity (Wildman–Crippen MR) is 70.6 cm³/mol. The number of nitrogens with zero attached hydrogens (tertiary/aromatic N) is 2. The van der Waals surface area contributed by atoms with Gasteiger partial charge in [-0.15, -0.1) is 0 Å². The quantitative estimate of drug-likeness (QED) is 0.743. The molecule has 17 heavy (non-hydrogen) atoms. The van der Waals surface area contributed by atoms with Gasteiger partial charge in [0, 0.05) is 26.2 Å². The van der Waals surface area contributed by atoms with E-state index in [1.165, 1.54) is 10.6 Å². The van der Waals surface area contributed by atoms with E-state index < -0.39 is 10.0 Å². The smallest absolute Gasteiger partial charge is 0.235 e. The Bertz CT molecular complexity index is 373. The SMILES string of the molecule is CC(C)C(S)C(=O)N1CCN(S(C)(=O)=O)CC1. The monoisotopic (exact) mass is 280 g/mol. The lowest BCUT2D eigenvalue weighted by molar-refractivity contribution is -0.132. The highest BCUT2D eigenvalue weighted by molar-refractivity contribution is 7.88. The molecule has 0 N–H and O–H groups in total. The minimum Gasteiger partial charge on any atom is -0.339 e. The second kappa shape index (κ2) is 5.58. The summed E-state index contributed by atoms with van der Waals surface area (Å²) in [6.07, 6.45) is 1.19. The molecule has 1 heterocycles. The van der Waals surface area contributed by atoms with Crippen LogP contribution in [0.15, 0.2) is 0 Å². The van der Waals surface area contributed by atoms with E-state index in [0.29, 0.717) is 26.2 Å². The van der Waals surface area contributed by atoms with E-state index in [1.807, 2.05) is 13.8 Å². The minimum atomic E-state index is -3.14. The lowest BCUT2D eigenvalue weighted by Crippen LogP contribution is -2.52. The summed E-state index contributed by atoms with van der Waals surface area (Å²) in [5.41, 5.74) is 0. The van der Waals surface area contributed by atoms with Gasteiger partial charge in [-0.1, -0.05) is 13.8 Å². The van der Waals surface area contributed by atoms with Crippen molar-refractivity contribution in [3.8, 4) is 0 Å². The second-order valence-corrected chi connectivity index (χ2v) is 7.21. The van der Waals surface area contributed by atoms with Gasteiger partial charge in [-0.2, -0.15) is 16.9 Å². The van der Waals surface area contributed by atoms with Crippen LogP contribution in [0.3, 0.4) is 0 Å². The Morgan fingerprint density at radius 3 is 2.00 bits per heavy atom. The molecular formula is C10H20N2O3S2. The predicted octanol–water partition coefficient (Wildman–Crippen LogP) is 0.0446. The first-order valence-electron chi connectivity index (χ1n) is 5.65. The zero-order valence-corrected chi connectivity index (χ0v) is 12.2. The Morgan fingerprint density at radius 1 is 1.18 bits per heavy atom. The average molecular weight is 280 g/mol. The fourth-order valence-electron chi connectivity index (χ4n) is 1.71. The van der Waals surface area contributed by atoms with Gasteiger partial charge in [0.2, 0.25) is 15.9 Å². The Balaban J connectivity index is 2.56. The standard InChI is InChI=1S/C10H20N2O3S2/c1-8(2)9(16)10(13)11-4-6-12(7-5-11)17(3,14)15/h8-9,16H,4-7H2,1-3H3. The molecular weight excluding hydrogens is 260 g/mol. The highest BCUT2D eigenvalue weighted by Crippen LogP contribution is 2.14. The topological polar surface area (TPSA) is 57.7 Å². The zero-order valence-electron chi connectivity index (χ0n) is 10.5. The molecule has 7 heteroatoms. The molecule has 1 aliphatic rings. The normalized spacial score (nSPS) is 20.6. The van der Waals surface area contributed by atoms with Crippen LogP contribution < -0.4 is 0 Å². The van der Waals surface area contributed by atoms with E-state index in [4.69, 9.17) is 0 Å². The van der Waals surface area contributed by atoms with Crippen molar-refractivity contribution >= 4 is 28.6 Å². The number of amides is 1. The van der Waals surface area contributed by atoms with E-state index in [-0.39, 0.29) is 17.1 Å². The Morgan fingerprint density at radius 2 is 1.65 bits per heavy atom. The Kier molecular flexibility index (Phi) is 4.86. The average Bonchev–Trinajstić information content (AvgIpc) is 2.26. The first kappa shape index (κ1) is 14.8. The molecule has 1 atom stereocenters. The van der Waals surface area contributed by atoms with E-state index in [2.05, 4.69) is 12.6 Å². The van der Waals surface area contributed by atoms with Crippen molar-refractivity contribution in [3.63, 3.8) is 0 Å². The maximum Gasteiger partial charge on any atom is 0.235 e. The van der Waals surface area contributed by atoms with Gasteiger partial charge in [-0.05, 0) is 5.92 Å².